The molecule has 1 aromatic heterocycles. The van der Waals surface area contributed by atoms with Gasteiger partial charge in [-0.05, 0) is 23.8 Å². The van der Waals surface area contributed by atoms with E-state index in [-0.39, 0.29) is 4.90 Å². The Balaban J connectivity index is 1.71. The average molecular weight is 454 g/mol. The summed E-state index contributed by atoms with van der Waals surface area (Å²) >= 11 is 0. The van der Waals surface area contributed by atoms with E-state index in [9.17, 15) is 8.42 Å². The molecule has 0 unspecified atom stereocenters. The van der Waals surface area contributed by atoms with Crippen LogP contribution in [-0.2, 0) is 10.0 Å². The molecule has 0 fully saturated rings. The monoisotopic (exact) mass is 453 g/mol. The van der Waals surface area contributed by atoms with Crippen LogP contribution in [0.1, 0.15) is 0 Å². The van der Waals surface area contributed by atoms with Crippen molar-refractivity contribution in [3.63, 3.8) is 0 Å². The number of ether oxygens (including phenoxy) is 3. The summed E-state index contributed by atoms with van der Waals surface area (Å²) < 4.78 is 39.3. The Kier molecular flexibility index (Phi) is 5.68. The average Bonchev–Trinajstić information content (AvgIpc) is 3.20. The molecule has 0 bridgehead atoms. The Bertz CT molecular complexity index is 1350. The summed E-state index contributed by atoms with van der Waals surface area (Å²) in [7, 11) is 0.953. The largest absolute Gasteiger partial charge is 0.493 e. The lowest BCUT2D eigenvalue weighted by molar-refractivity contribution is 0.324. The number of nitrogens with one attached hydrogen (secondary N) is 2. The van der Waals surface area contributed by atoms with E-state index in [0.717, 1.165) is 33.5 Å². The second-order valence-electron chi connectivity index (χ2n) is 7.06. The lowest BCUT2D eigenvalue weighted by atomic mass is 10.0. The highest BCUT2D eigenvalue weighted by molar-refractivity contribution is 7.89. The minimum absolute atomic E-state index is 0.0738. The van der Waals surface area contributed by atoms with Crippen molar-refractivity contribution in [2.45, 2.75) is 4.90 Å². The third-order valence-electron chi connectivity index (χ3n) is 5.09. The number of para-hydroxylation sites is 1. The Morgan fingerprint density at radius 2 is 1.53 bits per heavy atom. The summed E-state index contributed by atoms with van der Waals surface area (Å²) in [5, 5.41) is 9.53. The van der Waals surface area contributed by atoms with Crippen molar-refractivity contribution in [3.8, 4) is 28.4 Å². The minimum atomic E-state index is -3.74. The Morgan fingerprint density at radius 3 is 2.09 bits per heavy atom. The first-order valence-corrected chi connectivity index (χ1v) is 11.2. The van der Waals surface area contributed by atoms with E-state index in [4.69, 9.17) is 19.3 Å². The number of methoxy groups -OCH3 is 3. The van der Waals surface area contributed by atoms with Gasteiger partial charge in [0.2, 0.25) is 15.8 Å². The maximum Gasteiger partial charge on any atom is 0.238 e. The van der Waals surface area contributed by atoms with Gasteiger partial charge < -0.3 is 24.5 Å². The standard InChI is InChI=1S/C23H23N3O5S/c1-29-19-12-16(13-20(30-2)23(19)31-3)25-21-11-15-5-4-6-18(22(15)26-21)14-7-9-17(10-8-14)32(24,27)28/h4-13,25-26H,1-3H3,(H2,24,27,28). The summed E-state index contributed by atoms with van der Waals surface area (Å²) in [5.74, 6) is 2.37. The number of hydrogen-bond acceptors (Lipinski definition) is 6. The predicted molar refractivity (Wildman–Crippen MR) is 124 cm³/mol. The van der Waals surface area contributed by atoms with Gasteiger partial charge in [0, 0.05) is 28.8 Å². The normalized spacial score (nSPS) is 11.4. The van der Waals surface area contributed by atoms with Gasteiger partial charge in [0.25, 0.3) is 0 Å². The van der Waals surface area contributed by atoms with Crippen molar-refractivity contribution in [2.75, 3.05) is 26.6 Å². The number of primary sulfonamides is 1. The number of hydrogen-bond donors (Lipinski definition) is 3. The summed E-state index contributed by atoms with van der Waals surface area (Å²) in [6.45, 7) is 0. The fourth-order valence-corrected chi connectivity index (χ4v) is 4.11. The molecule has 0 spiro atoms. The number of nitrogens with two attached hydrogens (primary N) is 1. The Morgan fingerprint density at radius 1 is 0.875 bits per heavy atom. The first-order chi connectivity index (χ1) is 15.3. The Labute approximate surface area is 186 Å². The summed E-state index contributed by atoms with van der Waals surface area (Å²) in [5.41, 5.74) is 3.46. The van der Waals surface area contributed by atoms with Gasteiger partial charge in [0.1, 0.15) is 5.82 Å². The number of benzene rings is 3. The maximum absolute atomic E-state index is 11.5. The fourth-order valence-electron chi connectivity index (χ4n) is 3.60. The second kappa shape index (κ2) is 8.45. The molecule has 0 saturated carbocycles. The van der Waals surface area contributed by atoms with Crippen molar-refractivity contribution >= 4 is 32.4 Å². The van der Waals surface area contributed by atoms with Crippen molar-refractivity contribution in [2.24, 2.45) is 5.14 Å². The summed E-state index contributed by atoms with van der Waals surface area (Å²) in [6, 6.07) is 18.0. The highest BCUT2D eigenvalue weighted by Crippen LogP contribution is 2.41. The van der Waals surface area contributed by atoms with E-state index in [2.05, 4.69) is 10.3 Å². The zero-order valence-electron chi connectivity index (χ0n) is 17.8. The zero-order chi connectivity index (χ0) is 22.9. The minimum Gasteiger partial charge on any atom is -0.493 e. The third kappa shape index (κ3) is 4.08. The van der Waals surface area contributed by atoms with Crippen molar-refractivity contribution in [1.29, 1.82) is 0 Å². The van der Waals surface area contributed by atoms with E-state index < -0.39 is 10.0 Å². The molecule has 0 aliphatic carbocycles. The van der Waals surface area contributed by atoms with Gasteiger partial charge in [-0.25, -0.2) is 13.6 Å². The smallest absolute Gasteiger partial charge is 0.238 e. The SMILES string of the molecule is COc1cc(Nc2cc3cccc(-c4ccc(S(N)(=O)=O)cc4)c3[nH]2)cc(OC)c1OC. The van der Waals surface area contributed by atoms with E-state index in [1.165, 1.54) is 12.1 Å². The highest BCUT2D eigenvalue weighted by atomic mass is 32.2. The van der Waals surface area contributed by atoms with Crippen molar-refractivity contribution in [1.82, 2.24) is 4.98 Å². The van der Waals surface area contributed by atoms with Crippen LogP contribution in [0.4, 0.5) is 11.5 Å². The van der Waals surface area contributed by atoms with Gasteiger partial charge in [-0.3, -0.25) is 0 Å². The molecular formula is C23H23N3O5S. The molecule has 3 aromatic carbocycles. The van der Waals surface area contributed by atoms with Gasteiger partial charge in [-0.15, -0.1) is 0 Å². The topological polar surface area (TPSA) is 116 Å². The van der Waals surface area contributed by atoms with Crippen LogP contribution in [-0.4, -0.2) is 34.7 Å². The number of sulfonamides is 1. The molecule has 4 aromatic rings. The first-order valence-electron chi connectivity index (χ1n) is 9.66. The molecule has 0 radical (unpaired) electrons. The molecular weight excluding hydrogens is 430 g/mol. The van der Waals surface area contributed by atoms with E-state index in [0.29, 0.717) is 17.2 Å². The molecule has 0 amide bonds. The molecule has 0 saturated heterocycles. The molecule has 8 nitrogen and oxygen atoms in total. The summed E-state index contributed by atoms with van der Waals surface area (Å²) in [4.78, 5) is 3.47. The van der Waals surface area contributed by atoms with Crippen LogP contribution in [0.25, 0.3) is 22.0 Å². The number of aromatic nitrogens is 1. The molecule has 32 heavy (non-hydrogen) atoms. The summed E-state index contributed by atoms with van der Waals surface area (Å²) in [6.07, 6.45) is 0. The van der Waals surface area contributed by atoms with E-state index in [1.807, 2.05) is 36.4 Å². The van der Waals surface area contributed by atoms with Crippen LogP contribution in [0.2, 0.25) is 0 Å². The van der Waals surface area contributed by atoms with Crippen LogP contribution in [0, 0.1) is 0 Å². The molecule has 4 N–H and O–H groups in total. The number of aromatic amines is 1. The molecule has 1 heterocycles. The maximum atomic E-state index is 11.5. The van der Waals surface area contributed by atoms with Gasteiger partial charge in [-0.1, -0.05) is 30.3 Å². The van der Waals surface area contributed by atoms with Gasteiger partial charge >= 0.3 is 0 Å². The van der Waals surface area contributed by atoms with Crippen LogP contribution in [0.5, 0.6) is 17.2 Å². The van der Waals surface area contributed by atoms with Crippen molar-refractivity contribution in [3.05, 3.63) is 60.7 Å². The quantitative estimate of drug-likeness (QED) is 0.385. The zero-order valence-corrected chi connectivity index (χ0v) is 18.6. The number of rotatable bonds is 7. The predicted octanol–water partition coefficient (Wildman–Crippen LogP) is 4.25. The van der Waals surface area contributed by atoms with Crippen molar-refractivity contribution < 1.29 is 22.6 Å². The fraction of sp³-hybridized carbons (Fsp3) is 0.130. The number of fused-ring (bicyclic) bond motifs is 1. The molecule has 0 atom stereocenters. The lowest BCUT2D eigenvalue weighted by Crippen LogP contribution is -2.11. The second-order valence-corrected chi connectivity index (χ2v) is 8.62. The number of anilines is 2. The first kappa shape index (κ1) is 21.5. The van der Waals surface area contributed by atoms with Gasteiger partial charge in [0.05, 0.1) is 31.7 Å². The van der Waals surface area contributed by atoms with E-state index >= 15 is 0 Å². The van der Waals surface area contributed by atoms with Crippen LogP contribution >= 0.6 is 0 Å². The van der Waals surface area contributed by atoms with Crippen LogP contribution < -0.4 is 24.7 Å². The molecule has 9 heteroatoms. The van der Waals surface area contributed by atoms with Gasteiger partial charge in [-0.2, -0.15) is 0 Å². The Hall–Kier alpha value is -3.69. The molecule has 0 aliphatic heterocycles. The molecule has 0 aliphatic rings. The lowest BCUT2D eigenvalue weighted by Gasteiger charge is -2.14. The van der Waals surface area contributed by atoms with E-state index in [1.54, 1.807) is 33.5 Å². The van der Waals surface area contributed by atoms with Crippen LogP contribution in [0.15, 0.2) is 65.6 Å². The molecule has 166 valence electrons. The van der Waals surface area contributed by atoms with Gasteiger partial charge in [0.15, 0.2) is 11.5 Å². The third-order valence-corrected chi connectivity index (χ3v) is 6.02. The number of H-pyrrole nitrogens is 1. The molecule has 4 rings (SSSR count). The highest BCUT2D eigenvalue weighted by Gasteiger charge is 2.15. The van der Waals surface area contributed by atoms with Crippen LogP contribution in [0.3, 0.4) is 0 Å².